The molecule has 2 aromatic rings. The van der Waals surface area contributed by atoms with E-state index in [4.69, 9.17) is 14.2 Å². The number of carbonyl (C=O) groups excluding carboxylic acids is 1. The van der Waals surface area contributed by atoms with Gasteiger partial charge in [-0.2, -0.15) is 0 Å². The third kappa shape index (κ3) is 4.67. The van der Waals surface area contributed by atoms with E-state index >= 15 is 0 Å². The molecule has 0 N–H and O–H groups in total. The minimum absolute atomic E-state index is 0.202. The molecule has 0 bridgehead atoms. The Bertz CT molecular complexity index is 924. The SMILES string of the molecule is COc1cc(CN2CC[C@@H]3[C@@H](CCC(=O)N3Cc3ccc(F)cc3)C2)cc(OC)c1OC. The zero-order valence-corrected chi connectivity index (χ0v) is 19.0. The average molecular weight is 443 g/mol. The number of rotatable bonds is 7. The van der Waals surface area contributed by atoms with Gasteiger partial charge in [0.05, 0.1) is 21.3 Å². The first-order valence-electron chi connectivity index (χ1n) is 11.1. The fourth-order valence-electron chi connectivity index (χ4n) is 5.05. The van der Waals surface area contributed by atoms with Crippen molar-refractivity contribution in [2.45, 2.75) is 38.4 Å². The Hall–Kier alpha value is -2.80. The van der Waals surface area contributed by atoms with Crippen LogP contribution in [0, 0.1) is 11.7 Å². The second-order valence-corrected chi connectivity index (χ2v) is 8.57. The summed E-state index contributed by atoms with van der Waals surface area (Å²) in [6.07, 6.45) is 2.41. The van der Waals surface area contributed by atoms with E-state index in [0.717, 1.165) is 43.6 Å². The number of fused-ring (bicyclic) bond motifs is 1. The van der Waals surface area contributed by atoms with Crippen LogP contribution in [0.25, 0.3) is 0 Å². The summed E-state index contributed by atoms with van der Waals surface area (Å²) in [5, 5.41) is 0. The molecule has 0 spiro atoms. The van der Waals surface area contributed by atoms with Crippen molar-refractivity contribution < 1.29 is 23.4 Å². The molecule has 172 valence electrons. The Labute approximate surface area is 188 Å². The van der Waals surface area contributed by atoms with Crippen molar-refractivity contribution in [1.29, 1.82) is 0 Å². The molecule has 2 aliphatic rings. The van der Waals surface area contributed by atoms with Crippen molar-refractivity contribution in [1.82, 2.24) is 9.80 Å². The average Bonchev–Trinajstić information content (AvgIpc) is 2.81. The van der Waals surface area contributed by atoms with Crippen LogP contribution in [0.15, 0.2) is 36.4 Å². The largest absolute Gasteiger partial charge is 0.493 e. The first-order valence-corrected chi connectivity index (χ1v) is 11.1. The third-order valence-electron chi connectivity index (χ3n) is 6.62. The summed E-state index contributed by atoms with van der Waals surface area (Å²) >= 11 is 0. The van der Waals surface area contributed by atoms with Gasteiger partial charge in [-0.3, -0.25) is 9.69 Å². The normalized spacial score (nSPS) is 21.2. The van der Waals surface area contributed by atoms with Crippen LogP contribution in [0.5, 0.6) is 17.2 Å². The van der Waals surface area contributed by atoms with Gasteiger partial charge >= 0.3 is 0 Å². The molecule has 1 amide bonds. The zero-order chi connectivity index (χ0) is 22.7. The van der Waals surface area contributed by atoms with Gasteiger partial charge in [0.2, 0.25) is 11.7 Å². The minimum Gasteiger partial charge on any atom is -0.493 e. The number of benzene rings is 2. The van der Waals surface area contributed by atoms with Crippen molar-refractivity contribution in [3.63, 3.8) is 0 Å². The Kier molecular flexibility index (Phi) is 6.84. The van der Waals surface area contributed by atoms with Crippen LogP contribution in [-0.2, 0) is 17.9 Å². The van der Waals surface area contributed by atoms with Gasteiger partial charge in [-0.1, -0.05) is 12.1 Å². The van der Waals surface area contributed by atoms with Crippen LogP contribution >= 0.6 is 0 Å². The van der Waals surface area contributed by atoms with Crippen molar-refractivity contribution >= 4 is 5.91 Å². The molecule has 0 aromatic heterocycles. The van der Waals surface area contributed by atoms with E-state index in [9.17, 15) is 9.18 Å². The zero-order valence-electron chi connectivity index (χ0n) is 19.0. The molecule has 0 aliphatic carbocycles. The lowest BCUT2D eigenvalue weighted by molar-refractivity contribution is -0.142. The van der Waals surface area contributed by atoms with Crippen LogP contribution in [0.3, 0.4) is 0 Å². The predicted octanol–water partition coefficient (Wildman–Crippen LogP) is 3.86. The molecule has 7 heteroatoms. The maximum Gasteiger partial charge on any atom is 0.223 e. The van der Waals surface area contributed by atoms with Crippen molar-refractivity contribution in [2.75, 3.05) is 34.4 Å². The van der Waals surface area contributed by atoms with E-state index in [1.54, 1.807) is 33.5 Å². The molecule has 4 rings (SSSR count). The Morgan fingerprint density at radius 3 is 2.25 bits per heavy atom. The Morgan fingerprint density at radius 2 is 1.62 bits per heavy atom. The summed E-state index contributed by atoms with van der Waals surface area (Å²) in [7, 11) is 4.86. The van der Waals surface area contributed by atoms with Gasteiger partial charge < -0.3 is 19.1 Å². The van der Waals surface area contributed by atoms with Crippen molar-refractivity contribution in [2.24, 2.45) is 5.92 Å². The number of methoxy groups -OCH3 is 3. The second kappa shape index (κ2) is 9.77. The van der Waals surface area contributed by atoms with E-state index in [0.29, 0.717) is 36.1 Å². The fraction of sp³-hybridized carbons (Fsp3) is 0.480. The van der Waals surface area contributed by atoms with Crippen LogP contribution in [0.1, 0.15) is 30.4 Å². The quantitative estimate of drug-likeness (QED) is 0.652. The number of amides is 1. The molecule has 0 radical (unpaired) electrons. The number of piperidine rings is 2. The van der Waals surface area contributed by atoms with Crippen LogP contribution in [0.4, 0.5) is 4.39 Å². The van der Waals surface area contributed by atoms with E-state index in [2.05, 4.69) is 4.90 Å². The maximum absolute atomic E-state index is 13.3. The number of halogens is 1. The third-order valence-corrected chi connectivity index (χ3v) is 6.62. The van der Waals surface area contributed by atoms with Gasteiger partial charge in [-0.15, -0.1) is 0 Å². The van der Waals surface area contributed by atoms with Gasteiger partial charge in [0.1, 0.15) is 5.82 Å². The van der Waals surface area contributed by atoms with Crippen LogP contribution in [-0.4, -0.2) is 56.2 Å². The van der Waals surface area contributed by atoms with Crippen LogP contribution < -0.4 is 14.2 Å². The minimum atomic E-state index is -0.253. The summed E-state index contributed by atoms with van der Waals surface area (Å²) in [4.78, 5) is 17.1. The number of hydrogen-bond acceptors (Lipinski definition) is 5. The van der Waals surface area contributed by atoms with Gasteiger partial charge in [0, 0.05) is 38.6 Å². The fourth-order valence-corrected chi connectivity index (χ4v) is 5.05. The van der Waals surface area contributed by atoms with Crippen molar-refractivity contribution in [3.8, 4) is 17.2 Å². The lowest BCUT2D eigenvalue weighted by atomic mass is 9.83. The summed E-state index contributed by atoms with van der Waals surface area (Å²) in [5.74, 6) is 2.30. The molecule has 0 saturated carbocycles. The van der Waals surface area contributed by atoms with E-state index in [-0.39, 0.29) is 17.8 Å². The highest BCUT2D eigenvalue weighted by atomic mass is 19.1. The highest BCUT2D eigenvalue weighted by Gasteiger charge is 2.39. The topological polar surface area (TPSA) is 51.2 Å². The maximum atomic E-state index is 13.3. The van der Waals surface area contributed by atoms with E-state index in [1.807, 2.05) is 17.0 Å². The highest BCUT2D eigenvalue weighted by molar-refractivity contribution is 5.77. The molecular weight excluding hydrogens is 411 g/mol. The van der Waals surface area contributed by atoms with E-state index in [1.165, 1.54) is 12.1 Å². The molecule has 2 heterocycles. The molecule has 2 saturated heterocycles. The summed E-state index contributed by atoms with van der Waals surface area (Å²) < 4.78 is 29.7. The molecule has 0 unspecified atom stereocenters. The smallest absolute Gasteiger partial charge is 0.223 e. The second-order valence-electron chi connectivity index (χ2n) is 8.57. The predicted molar refractivity (Wildman–Crippen MR) is 119 cm³/mol. The number of carbonyl (C=O) groups is 1. The summed E-state index contributed by atoms with van der Waals surface area (Å²) in [6.45, 7) is 3.18. The number of ether oxygens (including phenoxy) is 3. The summed E-state index contributed by atoms with van der Waals surface area (Å²) in [6, 6.07) is 10.7. The van der Waals surface area contributed by atoms with Crippen LogP contribution in [0.2, 0.25) is 0 Å². The van der Waals surface area contributed by atoms with Crippen molar-refractivity contribution in [3.05, 3.63) is 53.3 Å². The van der Waals surface area contributed by atoms with Gasteiger partial charge in [0.15, 0.2) is 11.5 Å². The molecule has 2 atom stereocenters. The van der Waals surface area contributed by atoms with Gasteiger partial charge in [0.25, 0.3) is 0 Å². The number of nitrogens with zero attached hydrogens (tertiary/aromatic N) is 2. The molecule has 32 heavy (non-hydrogen) atoms. The first kappa shape index (κ1) is 22.4. The molecule has 6 nitrogen and oxygen atoms in total. The molecule has 2 aromatic carbocycles. The number of likely N-dealkylation sites (tertiary alicyclic amines) is 2. The molecular formula is C25H31FN2O4. The van der Waals surface area contributed by atoms with Gasteiger partial charge in [-0.25, -0.2) is 4.39 Å². The highest BCUT2D eigenvalue weighted by Crippen LogP contribution is 2.39. The Morgan fingerprint density at radius 1 is 0.938 bits per heavy atom. The monoisotopic (exact) mass is 442 g/mol. The summed E-state index contributed by atoms with van der Waals surface area (Å²) in [5.41, 5.74) is 2.08. The first-order chi connectivity index (χ1) is 15.5. The number of hydrogen-bond donors (Lipinski definition) is 0. The Balaban J connectivity index is 1.45. The lowest BCUT2D eigenvalue weighted by Gasteiger charge is -2.47. The molecule has 2 aliphatic heterocycles. The van der Waals surface area contributed by atoms with Gasteiger partial charge in [-0.05, 0) is 54.2 Å². The molecule has 2 fully saturated rings. The standard InChI is InChI=1S/C25H31FN2O4/c1-30-22-12-18(13-23(31-2)25(22)32-3)14-27-11-10-21-19(16-27)6-9-24(29)28(21)15-17-4-7-20(26)8-5-17/h4-5,7-8,12-13,19,21H,6,9-11,14-16H2,1-3H3/t19-,21+/m0/s1. The lowest BCUT2D eigenvalue weighted by Crippen LogP contribution is -2.55. The van der Waals surface area contributed by atoms with E-state index < -0.39 is 0 Å².